The van der Waals surface area contributed by atoms with Gasteiger partial charge >= 0.3 is 6.18 Å². The molecule has 18 heavy (non-hydrogen) atoms. The number of halogens is 3. The number of alkyl halides is 3. The molecule has 0 unspecified atom stereocenters. The van der Waals surface area contributed by atoms with Crippen LogP contribution in [0.3, 0.4) is 0 Å². The van der Waals surface area contributed by atoms with Crippen molar-refractivity contribution >= 4 is 5.69 Å². The van der Waals surface area contributed by atoms with E-state index in [4.69, 9.17) is 5.73 Å². The molecule has 96 valence electrons. The Balaban J connectivity index is 2.51. The summed E-state index contributed by atoms with van der Waals surface area (Å²) < 4.78 is 38.8. The third kappa shape index (κ3) is 2.18. The smallest absolute Gasteiger partial charge is 0.398 e. The average Bonchev–Trinajstić information content (AvgIpc) is 2.64. The van der Waals surface area contributed by atoms with Gasteiger partial charge in [0.15, 0.2) is 5.69 Å². The molecule has 2 rings (SSSR count). The van der Waals surface area contributed by atoms with E-state index in [1.165, 1.54) is 11.7 Å². The highest BCUT2D eigenvalue weighted by Gasteiger charge is 2.34. The fourth-order valence-electron chi connectivity index (χ4n) is 1.68. The highest BCUT2D eigenvalue weighted by atomic mass is 19.4. The molecule has 0 aliphatic carbocycles. The van der Waals surface area contributed by atoms with E-state index >= 15 is 0 Å². The number of anilines is 1. The van der Waals surface area contributed by atoms with Gasteiger partial charge in [0, 0.05) is 18.3 Å². The van der Waals surface area contributed by atoms with Crippen LogP contribution in [0.1, 0.15) is 11.3 Å². The SMILES string of the molecule is Cc1ccc(-c2cc(C(F)(F)F)nn2C)cc1N. The lowest BCUT2D eigenvalue weighted by atomic mass is 10.1. The molecule has 2 N–H and O–H groups in total. The van der Waals surface area contributed by atoms with E-state index in [1.807, 2.05) is 6.92 Å². The van der Waals surface area contributed by atoms with Crippen molar-refractivity contribution in [2.45, 2.75) is 13.1 Å². The molecule has 1 aromatic heterocycles. The molecule has 0 atom stereocenters. The fraction of sp³-hybridized carbons (Fsp3) is 0.250. The molecule has 0 bridgehead atoms. The molecule has 0 fully saturated rings. The Bertz CT molecular complexity index is 585. The van der Waals surface area contributed by atoms with E-state index in [2.05, 4.69) is 5.10 Å². The summed E-state index contributed by atoms with van der Waals surface area (Å²) in [6.45, 7) is 1.84. The summed E-state index contributed by atoms with van der Waals surface area (Å²) in [5, 5.41) is 3.46. The molecule has 3 nitrogen and oxygen atoms in total. The van der Waals surface area contributed by atoms with Crippen molar-refractivity contribution in [2.24, 2.45) is 7.05 Å². The van der Waals surface area contributed by atoms with Crippen LogP contribution in [0.5, 0.6) is 0 Å². The lowest BCUT2D eigenvalue weighted by Crippen LogP contribution is -2.06. The molecule has 0 spiro atoms. The van der Waals surface area contributed by atoms with Crippen molar-refractivity contribution < 1.29 is 13.2 Å². The number of nitrogens with zero attached hydrogens (tertiary/aromatic N) is 2. The maximum absolute atomic E-state index is 12.5. The van der Waals surface area contributed by atoms with Crippen molar-refractivity contribution in [3.05, 3.63) is 35.5 Å². The van der Waals surface area contributed by atoms with Crippen molar-refractivity contribution in [3.63, 3.8) is 0 Å². The second-order valence-corrected chi connectivity index (χ2v) is 4.11. The molecule has 2 aromatic rings. The predicted molar refractivity (Wildman–Crippen MR) is 62.8 cm³/mol. The molecule has 0 amide bonds. The lowest BCUT2D eigenvalue weighted by molar-refractivity contribution is -0.141. The molecule has 0 saturated heterocycles. The molecule has 0 aliphatic heterocycles. The first-order chi connectivity index (χ1) is 8.29. The first-order valence-corrected chi connectivity index (χ1v) is 5.27. The minimum Gasteiger partial charge on any atom is -0.398 e. The summed E-state index contributed by atoms with van der Waals surface area (Å²) in [4.78, 5) is 0. The lowest BCUT2D eigenvalue weighted by Gasteiger charge is -2.05. The number of benzene rings is 1. The Morgan fingerprint density at radius 3 is 2.39 bits per heavy atom. The van der Waals surface area contributed by atoms with Crippen LogP contribution in [-0.4, -0.2) is 9.78 Å². The summed E-state index contributed by atoms with van der Waals surface area (Å²) in [6, 6.07) is 6.16. The van der Waals surface area contributed by atoms with Gasteiger partial charge in [-0.2, -0.15) is 18.3 Å². The van der Waals surface area contributed by atoms with Gasteiger partial charge in [-0.15, -0.1) is 0 Å². The second-order valence-electron chi connectivity index (χ2n) is 4.11. The standard InChI is InChI=1S/C12H12F3N3/c1-7-3-4-8(5-9(7)16)10-6-11(12(13,14)15)17-18(10)2/h3-6H,16H2,1-2H3. The van der Waals surface area contributed by atoms with Crippen molar-refractivity contribution in [1.29, 1.82) is 0 Å². The van der Waals surface area contributed by atoms with Gasteiger partial charge in [0.25, 0.3) is 0 Å². The normalized spacial score (nSPS) is 11.8. The number of nitrogens with two attached hydrogens (primary N) is 1. The van der Waals surface area contributed by atoms with E-state index in [9.17, 15) is 13.2 Å². The van der Waals surface area contributed by atoms with E-state index in [0.29, 0.717) is 16.9 Å². The largest absolute Gasteiger partial charge is 0.435 e. The highest BCUT2D eigenvalue weighted by Crippen LogP contribution is 2.32. The van der Waals surface area contributed by atoms with Gasteiger partial charge in [0.2, 0.25) is 0 Å². The van der Waals surface area contributed by atoms with E-state index in [-0.39, 0.29) is 0 Å². The van der Waals surface area contributed by atoms with Crippen molar-refractivity contribution in [1.82, 2.24) is 9.78 Å². The molecular formula is C12H12F3N3. The Kier molecular flexibility index (Phi) is 2.80. The van der Waals surface area contributed by atoms with Crippen LogP contribution in [0.25, 0.3) is 11.3 Å². The van der Waals surface area contributed by atoms with E-state index < -0.39 is 11.9 Å². The molecule has 1 aromatic carbocycles. The van der Waals surface area contributed by atoms with Crippen molar-refractivity contribution in [2.75, 3.05) is 5.73 Å². The van der Waals surface area contributed by atoms with Gasteiger partial charge in [-0.3, -0.25) is 4.68 Å². The molecule has 1 heterocycles. The number of aryl methyl sites for hydroxylation is 2. The quantitative estimate of drug-likeness (QED) is 0.796. The zero-order valence-electron chi connectivity index (χ0n) is 9.92. The molecular weight excluding hydrogens is 243 g/mol. The Morgan fingerprint density at radius 1 is 1.22 bits per heavy atom. The van der Waals surface area contributed by atoms with Gasteiger partial charge in [-0.25, -0.2) is 0 Å². The maximum Gasteiger partial charge on any atom is 0.435 e. The number of nitrogen functional groups attached to an aromatic ring is 1. The van der Waals surface area contributed by atoms with Crippen LogP contribution in [0.15, 0.2) is 24.3 Å². The first kappa shape index (κ1) is 12.5. The van der Waals surface area contributed by atoms with Gasteiger partial charge in [-0.05, 0) is 24.6 Å². The van der Waals surface area contributed by atoms with Crippen LogP contribution in [0, 0.1) is 6.92 Å². The number of hydrogen-bond donors (Lipinski definition) is 1. The minimum atomic E-state index is -4.44. The molecule has 6 heteroatoms. The van der Waals surface area contributed by atoms with Gasteiger partial charge in [0.05, 0.1) is 5.69 Å². The summed E-state index contributed by atoms with van der Waals surface area (Å²) >= 11 is 0. The third-order valence-corrected chi connectivity index (χ3v) is 2.75. The maximum atomic E-state index is 12.5. The monoisotopic (exact) mass is 255 g/mol. The van der Waals surface area contributed by atoms with Crippen LogP contribution in [0.4, 0.5) is 18.9 Å². The van der Waals surface area contributed by atoms with E-state index in [0.717, 1.165) is 11.6 Å². The number of aromatic nitrogens is 2. The van der Waals surface area contributed by atoms with Crippen LogP contribution >= 0.6 is 0 Å². The first-order valence-electron chi connectivity index (χ1n) is 5.27. The van der Waals surface area contributed by atoms with Crippen molar-refractivity contribution in [3.8, 4) is 11.3 Å². The summed E-state index contributed by atoms with van der Waals surface area (Å²) in [5.41, 5.74) is 7.27. The summed E-state index contributed by atoms with van der Waals surface area (Å²) in [7, 11) is 1.47. The van der Waals surface area contributed by atoms with E-state index in [1.54, 1.807) is 18.2 Å². The van der Waals surface area contributed by atoms with Crippen LogP contribution in [-0.2, 0) is 13.2 Å². The van der Waals surface area contributed by atoms with Crippen LogP contribution < -0.4 is 5.73 Å². The summed E-state index contributed by atoms with van der Waals surface area (Å²) in [5.74, 6) is 0. The summed E-state index contributed by atoms with van der Waals surface area (Å²) in [6.07, 6.45) is -4.44. The van der Waals surface area contributed by atoms with Gasteiger partial charge in [-0.1, -0.05) is 12.1 Å². The minimum absolute atomic E-state index is 0.383. The predicted octanol–water partition coefficient (Wildman–Crippen LogP) is 3.00. The molecule has 0 saturated carbocycles. The van der Waals surface area contributed by atoms with Gasteiger partial charge in [0.1, 0.15) is 0 Å². The second kappa shape index (κ2) is 4.04. The number of rotatable bonds is 1. The fourth-order valence-corrected chi connectivity index (χ4v) is 1.68. The Labute approximate surface area is 102 Å². The zero-order chi connectivity index (χ0) is 13.5. The Morgan fingerprint density at radius 2 is 1.89 bits per heavy atom. The Hall–Kier alpha value is -1.98. The van der Waals surface area contributed by atoms with Gasteiger partial charge < -0.3 is 5.73 Å². The third-order valence-electron chi connectivity index (χ3n) is 2.75. The zero-order valence-corrected chi connectivity index (χ0v) is 9.92. The molecule has 0 aliphatic rings. The number of hydrogen-bond acceptors (Lipinski definition) is 2. The average molecular weight is 255 g/mol. The molecule has 0 radical (unpaired) electrons. The topological polar surface area (TPSA) is 43.8 Å². The van der Waals surface area contributed by atoms with Crippen LogP contribution in [0.2, 0.25) is 0 Å². The highest BCUT2D eigenvalue weighted by molar-refractivity contribution is 5.66.